The first-order chi connectivity index (χ1) is 11.2. The molecule has 1 rings (SSSR count). The molecule has 0 aliphatic rings. The number of carbonyl (C=O) groups is 1. The molecule has 0 radical (unpaired) electrons. The molecule has 13 heteroatoms. The zero-order valence-electron chi connectivity index (χ0n) is 11.4. The zero-order chi connectivity index (χ0) is 19.8. The molecule has 0 bridgehead atoms. The van der Waals surface area contributed by atoms with Crippen molar-refractivity contribution in [3.63, 3.8) is 0 Å². The fourth-order valence-corrected chi connectivity index (χ4v) is 3.59. The Hall–Kier alpha value is -1.43. The van der Waals surface area contributed by atoms with Gasteiger partial charge in [-0.3, -0.25) is 0 Å². The van der Waals surface area contributed by atoms with Gasteiger partial charge >= 0.3 is 24.2 Å². The molecule has 3 nitrogen and oxygen atoms in total. The third-order valence-corrected chi connectivity index (χ3v) is 5.14. The summed E-state index contributed by atoms with van der Waals surface area (Å²) in [6.07, 6.45) is -12.0. The minimum absolute atomic E-state index is 0.0658. The zero-order valence-corrected chi connectivity index (χ0v) is 14.4. The molecule has 138 valence electrons. The average molecular weight is 505 g/mol. The Morgan fingerprint density at radius 3 is 2.04 bits per heavy atom. The summed E-state index contributed by atoms with van der Waals surface area (Å²) in [5.41, 5.74) is -5.44. The molecule has 0 fully saturated rings. The van der Waals surface area contributed by atoms with Crippen LogP contribution >= 0.6 is 33.9 Å². The number of alkyl halides is 9. The summed E-state index contributed by atoms with van der Waals surface area (Å²) < 4.78 is 103. The second kappa shape index (κ2) is 7.06. The summed E-state index contributed by atoms with van der Waals surface area (Å²) in [6.45, 7) is 0. The van der Waals surface area contributed by atoms with E-state index in [0.29, 0.717) is 0 Å². The van der Waals surface area contributed by atoms with Crippen molar-refractivity contribution in [2.75, 3.05) is 0 Å². The van der Waals surface area contributed by atoms with Gasteiger partial charge in [0, 0.05) is 14.2 Å². The largest absolute Gasteiger partial charge is 0.478 e. The van der Waals surface area contributed by atoms with E-state index in [0.717, 1.165) is 6.07 Å². The summed E-state index contributed by atoms with van der Waals surface area (Å²) in [5.74, 6) is -8.20. The number of aliphatic carboxylic acids is 1. The van der Waals surface area contributed by atoms with Crippen LogP contribution in [0, 0.1) is 11.3 Å². The van der Waals surface area contributed by atoms with Gasteiger partial charge in [0.2, 0.25) is 0 Å². The maximum atomic E-state index is 13.7. The third-order valence-electron chi connectivity index (χ3n) is 2.72. The molecule has 0 saturated carbocycles. The van der Waals surface area contributed by atoms with Crippen molar-refractivity contribution in [1.29, 1.82) is 5.26 Å². The van der Waals surface area contributed by atoms with Gasteiger partial charge in [0.25, 0.3) is 0 Å². The smallest absolute Gasteiger partial charge is 0.458 e. The average Bonchev–Trinajstić information content (AvgIpc) is 2.79. The minimum Gasteiger partial charge on any atom is -0.478 e. The van der Waals surface area contributed by atoms with Gasteiger partial charge in [-0.1, -0.05) is 22.6 Å². The highest BCUT2D eigenvalue weighted by molar-refractivity contribution is 14.1. The molecule has 0 saturated heterocycles. The van der Waals surface area contributed by atoms with Gasteiger partial charge in [0.15, 0.2) is 0 Å². The number of hydrogen-bond donors (Lipinski definition) is 1. The van der Waals surface area contributed by atoms with Crippen molar-refractivity contribution in [2.45, 2.75) is 22.7 Å². The third kappa shape index (κ3) is 4.22. The van der Waals surface area contributed by atoms with E-state index in [1.807, 2.05) is 0 Å². The first kappa shape index (κ1) is 21.6. The van der Waals surface area contributed by atoms with Gasteiger partial charge in [0.05, 0.1) is 11.1 Å². The van der Waals surface area contributed by atoms with E-state index >= 15 is 0 Å². The van der Waals surface area contributed by atoms with Crippen LogP contribution in [0.1, 0.15) is 20.9 Å². The molecule has 1 heterocycles. The van der Waals surface area contributed by atoms with Crippen molar-refractivity contribution in [3.8, 4) is 6.07 Å². The first-order valence-electron chi connectivity index (χ1n) is 5.77. The molecular weight excluding hydrogens is 501 g/mol. The second-order valence-corrected chi connectivity index (χ2v) is 6.22. The predicted molar refractivity (Wildman–Crippen MR) is 78.4 cm³/mol. The van der Waals surface area contributed by atoms with E-state index < -0.39 is 45.8 Å². The fraction of sp³-hybridized carbons (Fsp3) is 0.333. The fourth-order valence-electron chi connectivity index (χ4n) is 1.66. The van der Waals surface area contributed by atoms with Gasteiger partial charge < -0.3 is 5.11 Å². The molecule has 0 aliphatic heterocycles. The first-order valence-corrected chi connectivity index (χ1v) is 8.11. The predicted octanol–water partition coefficient (Wildman–Crippen LogP) is 5.24. The Kier molecular flexibility index (Phi) is 6.10. The number of rotatable bonds is 4. The van der Waals surface area contributed by atoms with Crippen molar-refractivity contribution < 1.29 is 45.0 Å². The summed E-state index contributed by atoms with van der Waals surface area (Å²) in [6, 6.07) is 1.12. The van der Waals surface area contributed by atoms with E-state index in [1.165, 1.54) is 22.6 Å². The van der Waals surface area contributed by atoms with Crippen LogP contribution in [-0.2, 0) is 15.1 Å². The topological polar surface area (TPSA) is 61.1 Å². The highest BCUT2D eigenvalue weighted by atomic mass is 127. The van der Waals surface area contributed by atoms with E-state index in [9.17, 15) is 39.9 Å². The molecule has 0 atom stereocenters. The molecule has 0 aliphatic carbocycles. The highest BCUT2D eigenvalue weighted by Gasteiger charge is 2.61. The summed E-state index contributed by atoms with van der Waals surface area (Å²) in [4.78, 5) is 9.05. The molecule has 0 amide bonds. The number of nitrogens with zero attached hydrogens (tertiary/aromatic N) is 1. The number of carboxylic acid groups (broad SMARTS) is 1. The molecular formula is C12H4F8INO2S. The van der Waals surface area contributed by atoms with Crippen molar-refractivity contribution in [3.05, 3.63) is 26.5 Å². The highest BCUT2D eigenvalue weighted by Crippen LogP contribution is 2.50. The number of halogens is 9. The summed E-state index contributed by atoms with van der Waals surface area (Å²) in [7, 11) is 0. The number of hydrogen-bond acceptors (Lipinski definition) is 3. The van der Waals surface area contributed by atoms with Crippen LogP contribution < -0.4 is 0 Å². The Morgan fingerprint density at radius 2 is 1.72 bits per heavy atom. The number of thiophene rings is 1. The van der Waals surface area contributed by atoms with Crippen molar-refractivity contribution in [2.24, 2.45) is 0 Å². The molecule has 25 heavy (non-hydrogen) atoms. The molecule has 0 spiro atoms. The SMILES string of the molecule is N#Cc1c(CI)sc(/C=C(/C(=O)O)C(F)(F)F)c1C(F)(F)C(F)(F)F. The van der Waals surface area contributed by atoms with Crippen LogP contribution in [0.15, 0.2) is 5.57 Å². The number of carboxylic acids is 1. The van der Waals surface area contributed by atoms with Crippen LogP contribution in [0.5, 0.6) is 0 Å². The normalized spacial score (nSPS) is 13.7. The quantitative estimate of drug-likeness (QED) is 0.264. The van der Waals surface area contributed by atoms with Crippen LogP contribution in [0.4, 0.5) is 35.1 Å². The molecule has 0 unspecified atom stereocenters. The second-order valence-electron chi connectivity index (χ2n) is 4.32. The van der Waals surface area contributed by atoms with E-state index in [2.05, 4.69) is 0 Å². The molecule has 1 N–H and O–H groups in total. The van der Waals surface area contributed by atoms with Gasteiger partial charge in [-0.2, -0.15) is 40.4 Å². The van der Waals surface area contributed by atoms with Crippen LogP contribution in [0.25, 0.3) is 6.08 Å². The maximum Gasteiger partial charge on any atom is 0.458 e. The monoisotopic (exact) mass is 505 g/mol. The lowest BCUT2D eigenvalue weighted by Gasteiger charge is -2.20. The maximum absolute atomic E-state index is 13.7. The van der Waals surface area contributed by atoms with E-state index in [-0.39, 0.29) is 26.7 Å². The lowest BCUT2D eigenvalue weighted by atomic mass is 10.0. The summed E-state index contributed by atoms with van der Waals surface area (Å²) in [5, 5.41) is 17.4. The van der Waals surface area contributed by atoms with Crippen LogP contribution in [-0.4, -0.2) is 23.4 Å². The van der Waals surface area contributed by atoms with Gasteiger partial charge in [0.1, 0.15) is 11.6 Å². The Bertz CT molecular complexity index is 757. The lowest BCUT2D eigenvalue weighted by Crippen LogP contribution is -2.34. The van der Waals surface area contributed by atoms with Crippen LogP contribution in [0.2, 0.25) is 0 Å². The van der Waals surface area contributed by atoms with Gasteiger partial charge in [-0.25, -0.2) is 4.79 Å². The number of nitriles is 1. The van der Waals surface area contributed by atoms with Gasteiger partial charge in [-0.15, -0.1) is 11.3 Å². The van der Waals surface area contributed by atoms with Crippen LogP contribution in [0.3, 0.4) is 0 Å². The summed E-state index contributed by atoms with van der Waals surface area (Å²) >= 11 is 1.58. The Balaban J connectivity index is 3.88. The Labute approximate surface area is 151 Å². The lowest BCUT2D eigenvalue weighted by molar-refractivity contribution is -0.289. The van der Waals surface area contributed by atoms with Gasteiger partial charge in [-0.05, 0) is 6.08 Å². The van der Waals surface area contributed by atoms with Crippen molar-refractivity contribution in [1.82, 2.24) is 0 Å². The van der Waals surface area contributed by atoms with E-state index in [4.69, 9.17) is 10.4 Å². The molecule has 0 aromatic carbocycles. The Morgan fingerprint density at radius 1 is 1.20 bits per heavy atom. The minimum atomic E-state index is -6.19. The standard InChI is InChI=1S/C12H4F8INO2S/c13-10(14,12(18,19)20)8-4(3-22)7(2-21)25-6(8)1-5(9(23)24)11(15,16)17/h1H,2H2,(H,23,24)/b5-1-. The molecule has 1 aromatic heterocycles. The molecule has 1 aromatic rings. The van der Waals surface area contributed by atoms with E-state index in [1.54, 1.807) is 0 Å². The van der Waals surface area contributed by atoms with Crippen molar-refractivity contribution >= 4 is 46.0 Å².